The van der Waals surface area contributed by atoms with E-state index in [0.717, 1.165) is 18.5 Å². The molecule has 0 radical (unpaired) electrons. The van der Waals surface area contributed by atoms with Crippen LogP contribution in [-0.4, -0.2) is 27.9 Å². The molecule has 0 saturated carbocycles. The van der Waals surface area contributed by atoms with Gasteiger partial charge in [-0.1, -0.05) is 25.4 Å². The van der Waals surface area contributed by atoms with Crippen LogP contribution in [0.4, 0.5) is 10.1 Å². The maximum Gasteiger partial charge on any atom is 0.287 e. The third kappa shape index (κ3) is 4.30. The molecular weight excluding hydrogens is 371 g/mol. The summed E-state index contributed by atoms with van der Waals surface area (Å²) in [4.78, 5) is 29.6. The molecule has 2 aromatic rings. The molecule has 0 spiro atoms. The van der Waals surface area contributed by atoms with Gasteiger partial charge in [0.2, 0.25) is 0 Å². The quantitative estimate of drug-likeness (QED) is 0.815. The van der Waals surface area contributed by atoms with E-state index in [1.165, 1.54) is 18.2 Å². The number of rotatable bonds is 5. The topological polar surface area (TPSA) is 76.0 Å². The van der Waals surface area contributed by atoms with Crippen LogP contribution in [0.15, 0.2) is 18.2 Å². The minimum absolute atomic E-state index is 0.0755. The highest BCUT2D eigenvalue weighted by Gasteiger charge is 2.27. The SMILES string of the molecule is CC(C)CNC(=O)c1nc(C(=O)Nc2ccc(F)c(Cl)c2)c2n1CCCC2. The largest absolute Gasteiger partial charge is 0.349 e. The molecule has 1 aromatic heterocycles. The van der Waals surface area contributed by atoms with E-state index in [9.17, 15) is 14.0 Å². The summed E-state index contributed by atoms with van der Waals surface area (Å²) in [5, 5.41) is 5.46. The maximum atomic E-state index is 13.3. The van der Waals surface area contributed by atoms with Crippen LogP contribution >= 0.6 is 11.6 Å². The second-order valence-electron chi connectivity index (χ2n) is 7.03. The number of nitrogens with one attached hydrogen (secondary N) is 2. The number of imidazole rings is 1. The van der Waals surface area contributed by atoms with Crippen LogP contribution in [0, 0.1) is 11.7 Å². The molecular formula is C19H22ClFN4O2. The summed E-state index contributed by atoms with van der Waals surface area (Å²) in [6, 6.07) is 3.96. The number of benzene rings is 1. The fraction of sp³-hybridized carbons (Fsp3) is 0.421. The second kappa shape index (κ2) is 8.08. The molecule has 0 bridgehead atoms. The maximum absolute atomic E-state index is 13.3. The van der Waals surface area contributed by atoms with Gasteiger partial charge < -0.3 is 15.2 Å². The minimum Gasteiger partial charge on any atom is -0.349 e. The Morgan fingerprint density at radius 3 is 2.78 bits per heavy atom. The zero-order valence-electron chi connectivity index (χ0n) is 15.3. The van der Waals surface area contributed by atoms with Gasteiger partial charge in [0.05, 0.1) is 10.7 Å². The number of halogens is 2. The zero-order valence-corrected chi connectivity index (χ0v) is 16.1. The van der Waals surface area contributed by atoms with Crippen LogP contribution in [0.5, 0.6) is 0 Å². The van der Waals surface area contributed by atoms with E-state index in [-0.39, 0.29) is 22.4 Å². The molecule has 2 heterocycles. The first kappa shape index (κ1) is 19.4. The molecule has 3 rings (SSSR count). The fourth-order valence-corrected chi connectivity index (χ4v) is 3.22. The summed E-state index contributed by atoms with van der Waals surface area (Å²) in [6.45, 7) is 5.21. The van der Waals surface area contributed by atoms with Crippen LogP contribution < -0.4 is 10.6 Å². The lowest BCUT2D eigenvalue weighted by Gasteiger charge is -2.17. The van der Waals surface area contributed by atoms with E-state index in [0.29, 0.717) is 31.1 Å². The number of carbonyl (C=O) groups excluding carboxylic acids is 2. The van der Waals surface area contributed by atoms with Gasteiger partial charge in [0, 0.05) is 18.8 Å². The van der Waals surface area contributed by atoms with Crippen LogP contribution in [0.25, 0.3) is 0 Å². The van der Waals surface area contributed by atoms with Crippen LogP contribution in [-0.2, 0) is 13.0 Å². The number of hydrogen-bond acceptors (Lipinski definition) is 3. The number of amides is 2. The predicted octanol–water partition coefficient (Wildman–Crippen LogP) is 3.65. The van der Waals surface area contributed by atoms with Gasteiger partial charge in [-0.2, -0.15) is 0 Å². The Balaban J connectivity index is 1.87. The molecule has 1 aliphatic rings. The number of anilines is 1. The van der Waals surface area contributed by atoms with E-state index in [4.69, 9.17) is 11.6 Å². The third-order valence-electron chi connectivity index (χ3n) is 4.38. The first-order chi connectivity index (χ1) is 12.9. The molecule has 1 aliphatic heterocycles. The monoisotopic (exact) mass is 392 g/mol. The first-order valence-electron chi connectivity index (χ1n) is 9.00. The molecule has 2 amide bonds. The minimum atomic E-state index is -0.557. The summed E-state index contributed by atoms with van der Waals surface area (Å²) >= 11 is 5.77. The smallest absolute Gasteiger partial charge is 0.287 e. The van der Waals surface area contributed by atoms with Gasteiger partial charge in [0.25, 0.3) is 11.8 Å². The molecule has 8 heteroatoms. The highest BCUT2D eigenvalue weighted by atomic mass is 35.5. The van der Waals surface area contributed by atoms with E-state index in [1.54, 1.807) is 0 Å². The first-order valence-corrected chi connectivity index (χ1v) is 9.38. The molecule has 27 heavy (non-hydrogen) atoms. The van der Waals surface area contributed by atoms with E-state index in [1.807, 2.05) is 18.4 Å². The van der Waals surface area contributed by atoms with Gasteiger partial charge >= 0.3 is 0 Å². The van der Waals surface area contributed by atoms with Crippen molar-refractivity contribution in [3.05, 3.63) is 46.3 Å². The Bertz CT molecular complexity index is 879. The van der Waals surface area contributed by atoms with Crippen molar-refractivity contribution in [1.29, 1.82) is 0 Å². The Morgan fingerprint density at radius 2 is 2.07 bits per heavy atom. The molecule has 0 fully saturated rings. The summed E-state index contributed by atoms with van der Waals surface area (Å²) in [6.07, 6.45) is 2.54. The molecule has 144 valence electrons. The number of fused-ring (bicyclic) bond motifs is 1. The number of aromatic nitrogens is 2. The summed E-state index contributed by atoms with van der Waals surface area (Å²) in [7, 11) is 0. The van der Waals surface area contributed by atoms with E-state index in [2.05, 4.69) is 15.6 Å². The number of hydrogen-bond donors (Lipinski definition) is 2. The molecule has 0 aliphatic carbocycles. The van der Waals surface area contributed by atoms with Crippen molar-refractivity contribution < 1.29 is 14.0 Å². The summed E-state index contributed by atoms with van der Waals surface area (Å²) in [5.74, 6) is -0.705. The standard InChI is InChI=1S/C19H22ClFN4O2/c1-11(2)10-22-19(27)17-24-16(15-5-3-4-8-25(15)17)18(26)23-12-6-7-14(21)13(20)9-12/h6-7,9,11H,3-5,8,10H2,1-2H3,(H,22,27)(H,23,26). The Morgan fingerprint density at radius 1 is 1.30 bits per heavy atom. The lowest BCUT2D eigenvalue weighted by Crippen LogP contribution is -2.30. The fourth-order valence-electron chi connectivity index (χ4n) is 3.04. The molecule has 6 nitrogen and oxygen atoms in total. The normalized spacial score (nSPS) is 13.4. The lowest BCUT2D eigenvalue weighted by atomic mass is 10.1. The molecule has 0 unspecified atom stereocenters. The number of nitrogens with zero attached hydrogens (tertiary/aromatic N) is 2. The van der Waals surface area contributed by atoms with Gasteiger partial charge in [0.1, 0.15) is 5.82 Å². The summed E-state index contributed by atoms with van der Waals surface area (Å²) in [5.41, 5.74) is 1.35. The molecule has 0 atom stereocenters. The van der Waals surface area contributed by atoms with Crippen molar-refractivity contribution in [2.75, 3.05) is 11.9 Å². The highest BCUT2D eigenvalue weighted by molar-refractivity contribution is 6.31. The average Bonchev–Trinajstić information content (AvgIpc) is 3.02. The third-order valence-corrected chi connectivity index (χ3v) is 4.67. The van der Waals surface area contributed by atoms with Gasteiger partial charge in [-0.15, -0.1) is 0 Å². The zero-order chi connectivity index (χ0) is 19.6. The molecule has 2 N–H and O–H groups in total. The van der Waals surface area contributed by atoms with Gasteiger partial charge in [-0.25, -0.2) is 9.37 Å². The van der Waals surface area contributed by atoms with Crippen molar-refractivity contribution >= 4 is 29.1 Å². The Labute approximate surface area is 162 Å². The van der Waals surface area contributed by atoms with Crippen molar-refractivity contribution in [3.63, 3.8) is 0 Å². The Hall–Kier alpha value is -2.41. The van der Waals surface area contributed by atoms with Crippen LogP contribution in [0.2, 0.25) is 5.02 Å². The van der Waals surface area contributed by atoms with Crippen molar-refractivity contribution in [2.45, 2.75) is 39.7 Å². The molecule has 0 saturated heterocycles. The number of carbonyl (C=O) groups is 2. The van der Waals surface area contributed by atoms with E-state index < -0.39 is 11.7 Å². The van der Waals surface area contributed by atoms with Crippen molar-refractivity contribution in [3.8, 4) is 0 Å². The predicted molar refractivity (Wildman–Crippen MR) is 102 cm³/mol. The Kier molecular flexibility index (Phi) is 5.79. The van der Waals surface area contributed by atoms with Crippen LogP contribution in [0.3, 0.4) is 0 Å². The highest BCUT2D eigenvalue weighted by Crippen LogP contribution is 2.24. The van der Waals surface area contributed by atoms with Crippen molar-refractivity contribution in [2.24, 2.45) is 5.92 Å². The summed E-state index contributed by atoms with van der Waals surface area (Å²) < 4.78 is 15.1. The van der Waals surface area contributed by atoms with Gasteiger partial charge in [0.15, 0.2) is 11.5 Å². The lowest BCUT2D eigenvalue weighted by molar-refractivity contribution is 0.0933. The van der Waals surface area contributed by atoms with E-state index >= 15 is 0 Å². The molecule has 1 aromatic carbocycles. The van der Waals surface area contributed by atoms with Crippen LogP contribution in [0.1, 0.15) is 53.5 Å². The van der Waals surface area contributed by atoms with Gasteiger partial charge in [-0.3, -0.25) is 9.59 Å². The average molecular weight is 393 g/mol. The van der Waals surface area contributed by atoms with Gasteiger partial charge in [-0.05, 0) is 43.4 Å². The van der Waals surface area contributed by atoms with Crippen molar-refractivity contribution in [1.82, 2.24) is 14.9 Å². The second-order valence-corrected chi connectivity index (χ2v) is 7.43.